The first-order valence-electron chi connectivity index (χ1n) is 12.5. The van der Waals surface area contributed by atoms with E-state index in [1.165, 1.54) is 77.0 Å². The molecule has 5 heteroatoms. The molecule has 0 heterocycles. The third-order valence-corrected chi connectivity index (χ3v) is 7.26. The van der Waals surface area contributed by atoms with Gasteiger partial charge < -0.3 is 5.11 Å². The molecule has 4 nitrogen and oxygen atoms in total. The van der Waals surface area contributed by atoms with E-state index in [2.05, 4.69) is 0 Å². The van der Waals surface area contributed by atoms with Gasteiger partial charge in [0.05, 0.1) is 11.4 Å². The molecule has 2 N–H and O–H groups in total. The predicted octanol–water partition coefficient (Wildman–Crippen LogP) is 7.45. The summed E-state index contributed by atoms with van der Waals surface area (Å²) in [6, 6.07) is 0. The lowest BCUT2D eigenvalue weighted by Crippen LogP contribution is -2.20. The number of aliphatic hydroxyl groups excluding tert-OH is 1. The van der Waals surface area contributed by atoms with Crippen LogP contribution in [0.25, 0.3) is 0 Å². The molecule has 0 saturated heterocycles. The average molecular weight is 435 g/mol. The van der Waals surface area contributed by atoms with Crippen LogP contribution in [0.2, 0.25) is 0 Å². The molecule has 0 spiro atoms. The van der Waals surface area contributed by atoms with Gasteiger partial charge in [0.1, 0.15) is 0 Å². The van der Waals surface area contributed by atoms with Crippen LogP contribution in [0, 0.1) is 0 Å². The summed E-state index contributed by atoms with van der Waals surface area (Å²) in [7, 11) is -3.87. The van der Waals surface area contributed by atoms with Crippen molar-refractivity contribution in [1.29, 1.82) is 0 Å². The lowest BCUT2D eigenvalue weighted by atomic mass is 10.0. The summed E-state index contributed by atoms with van der Waals surface area (Å²) in [6.45, 7) is 3.92. The van der Waals surface area contributed by atoms with Crippen LogP contribution >= 0.6 is 0 Å². The molecule has 2 atom stereocenters. The molecule has 0 aromatic heterocycles. The van der Waals surface area contributed by atoms with Gasteiger partial charge >= 0.3 is 0 Å². The van der Waals surface area contributed by atoms with Gasteiger partial charge in [-0.3, -0.25) is 4.55 Å². The zero-order chi connectivity index (χ0) is 21.8. The van der Waals surface area contributed by atoms with Crippen LogP contribution in [-0.2, 0) is 10.1 Å². The first-order chi connectivity index (χ1) is 13.9. The minimum atomic E-state index is -3.87. The second-order valence-corrected chi connectivity index (χ2v) is 10.7. The second-order valence-electron chi connectivity index (χ2n) is 9.01. The first-order valence-corrected chi connectivity index (χ1v) is 14.0. The van der Waals surface area contributed by atoms with Gasteiger partial charge in [-0.1, -0.05) is 116 Å². The minimum absolute atomic E-state index is 0.136. The Morgan fingerprint density at radius 1 is 0.586 bits per heavy atom. The van der Waals surface area contributed by atoms with Crippen LogP contribution in [0.5, 0.6) is 0 Å². The fourth-order valence-corrected chi connectivity index (χ4v) is 4.91. The monoisotopic (exact) mass is 434 g/mol. The Balaban J connectivity index is 3.33. The van der Waals surface area contributed by atoms with Gasteiger partial charge in [-0.2, -0.15) is 8.42 Å². The van der Waals surface area contributed by atoms with Crippen molar-refractivity contribution in [3.63, 3.8) is 0 Å². The molecule has 0 aromatic rings. The summed E-state index contributed by atoms with van der Waals surface area (Å²) in [4.78, 5) is 0. The van der Waals surface area contributed by atoms with Crippen molar-refractivity contribution in [2.45, 2.75) is 154 Å². The molecule has 0 aliphatic carbocycles. The minimum Gasteiger partial charge on any atom is -0.393 e. The molecule has 0 bridgehead atoms. The zero-order valence-electron chi connectivity index (χ0n) is 19.4. The molecule has 0 amide bonds. The van der Waals surface area contributed by atoms with Crippen LogP contribution in [-0.4, -0.2) is 29.4 Å². The van der Waals surface area contributed by atoms with E-state index < -0.39 is 15.4 Å². The maximum Gasteiger partial charge on any atom is 0.267 e. The highest BCUT2D eigenvalue weighted by Gasteiger charge is 2.21. The van der Waals surface area contributed by atoms with E-state index in [1.807, 2.05) is 13.8 Å². The maximum absolute atomic E-state index is 11.4. The molecular formula is C24H50O4S. The number of hydrogen-bond donors (Lipinski definition) is 2. The molecule has 29 heavy (non-hydrogen) atoms. The fourth-order valence-electron chi connectivity index (χ4n) is 3.98. The highest BCUT2D eigenvalue weighted by molar-refractivity contribution is 7.86. The number of rotatable bonds is 22. The SMILES string of the molecule is CCCCC(CCCCCCCCCCCCCCCCCC(C)O)S(=O)(=O)O. The topological polar surface area (TPSA) is 74.6 Å². The Bertz CT molecular complexity index is 434. The molecule has 0 fully saturated rings. The van der Waals surface area contributed by atoms with Gasteiger partial charge in [0.2, 0.25) is 0 Å². The maximum atomic E-state index is 11.4. The third kappa shape index (κ3) is 20.9. The number of unbranched alkanes of at least 4 members (excludes halogenated alkanes) is 15. The summed E-state index contributed by atoms with van der Waals surface area (Å²) in [6.07, 6.45) is 22.8. The quantitative estimate of drug-likeness (QED) is 0.137. The van der Waals surface area contributed by atoms with Gasteiger partial charge in [-0.15, -0.1) is 0 Å². The van der Waals surface area contributed by atoms with Crippen molar-refractivity contribution in [2.24, 2.45) is 0 Å². The summed E-state index contributed by atoms with van der Waals surface area (Å²) in [5.41, 5.74) is 0. The molecule has 0 rings (SSSR count). The molecule has 0 aliphatic rings. The molecule has 2 unspecified atom stereocenters. The Hall–Kier alpha value is -0.130. The van der Waals surface area contributed by atoms with Gasteiger partial charge in [0, 0.05) is 0 Å². The number of aliphatic hydroxyl groups is 1. The van der Waals surface area contributed by atoms with E-state index in [0.717, 1.165) is 38.5 Å². The van der Waals surface area contributed by atoms with Crippen molar-refractivity contribution >= 4 is 10.1 Å². The predicted molar refractivity (Wildman–Crippen MR) is 125 cm³/mol. The largest absolute Gasteiger partial charge is 0.393 e. The van der Waals surface area contributed by atoms with Gasteiger partial charge in [0.25, 0.3) is 10.1 Å². The summed E-state index contributed by atoms with van der Waals surface area (Å²) in [5, 5.41) is 8.66. The van der Waals surface area contributed by atoms with Crippen molar-refractivity contribution in [3.8, 4) is 0 Å². The highest BCUT2D eigenvalue weighted by atomic mass is 32.2. The van der Waals surface area contributed by atoms with Crippen molar-refractivity contribution in [2.75, 3.05) is 0 Å². The van der Waals surface area contributed by atoms with E-state index in [9.17, 15) is 18.1 Å². The Labute approximate surface area is 182 Å². The summed E-state index contributed by atoms with van der Waals surface area (Å²) >= 11 is 0. The van der Waals surface area contributed by atoms with Crippen molar-refractivity contribution < 1.29 is 18.1 Å². The molecule has 176 valence electrons. The van der Waals surface area contributed by atoms with E-state index in [0.29, 0.717) is 12.8 Å². The zero-order valence-corrected chi connectivity index (χ0v) is 20.2. The van der Waals surface area contributed by atoms with E-state index in [-0.39, 0.29) is 6.10 Å². The number of hydrogen-bond acceptors (Lipinski definition) is 3. The highest BCUT2D eigenvalue weighted by Crippen LogP contribution is 2.18. The first kappa shape index (κ1) is 28.9. The Morgan fingerprint density at radius 2 is 0.897 bits per heavy atom. The molecule has 0 aromatic carbocycles. The van der Waals surface area contributed by atoms with Crippen LogP contribution in [0.3, 0.4) is 0 Å². The normalized spacial score (nSPS) is 14.2. The van der Waals surface area contributed by atoms with Crippen LogP contribution < -0.4 is 0 Å². The van der Waals surface area contributed by atoms with Crippen LogP contribution in [0.1, 0.15) is 142 Å². The van der Waals surface area contributed by atoms with Gasteiger partial charge in [-0.25, -0.2) is 0 Å². The third-order valence-electron chi connectivity index (χ3n) is 5.95. The molecule has 0 radical (unpaired) electrons. The lowest BCUT2D eigenvalue weighted by Gasteiger charge is -2.13. The molecular weight excluding hydrogens is 384 g/mol. The molecule has 0 aliphatic heterocycles. The Kier molecular flexibility index (Phi) is 19.7. The fraction of sp³-hybridized carbons (Fsp3) is 1.00. The van der Waals surface area contributed by atoms with Crippen molar-refractivity contribution in [1.82, 2.24) is 0 Å². The Morgan fingerprint density at radius 3 is 1.21 bits per heavy atom. The summed E-state index contributed by atoms with van der Waals surface area (Å²) in [5.74, 6) is 0. The summed E-state index contributed by atoms with van der Waals surface area (Å²) < 4.78 is 32.1. The lowest BCUT2D eigenvalue weighted by molar-refractivity contribution is 0.180. The van der Waals surface area contributed by atoms with Crippen molar-refractivity contribution in [3.05, 3.63) is 0 Å². The smallest absolute Gasteiger partial charge is 0.267 e. The van der Waals surface area contributed by atoms with E-state index in [1.54, 1.807) is 0 Å². The second kappa shape index (κ2) is 19.8. The average Bonchev–Trinajstić information content (AvgIpc) is 2.65. The van der Waals surface area contributed by atoms with E-state index in [4.69, 9.17) is 0 Å². The standard InChI is InChI=1S/C24H50O4S/c1-3-4-21-24(29(26,27)28)22-19-17-15-13-11-9-7-5-6-8-10-12-14-16-18-20-23(2)25/h23-25H,3-22H2,1-2H3,(H,26,27,28). The van der Waals surface area contributed by atoms with Crippen LogP contribution in [0.15, 0.2) is 0 Å². The van der Waals surface area contributed by atoms with Crippen LogP contribution in [0.4, 0.5) is 0 Å². The molecule has 0 saturated carbocycles. The van der Waals surface area contributed by atoms with Gasteiger partial charge in [0.15, 0.2) is 0 Å². The van der Waals surface area contributed by atoms with E-state index >= 15 is 0 Å². The van der Waals surface area contributed by atoms with Gasteiger partial charge in [-0.05, 0) is 26.2 Å².